The fourth-order valence-corrected chi connectivity index (χ4v) is 3.38. The summed E-state index contributed by atoms with van der Waals surface area (Å²) >= 11 is 0. The molecule has 6 heteroatoms. The van der Waals surface area contributed by atoms with Crippen molar-refractivity contribution in [2.24, 2.45) is 5.73 Å². The third-order valence-corrected chi connectivity index (χ3v) is 5.91. The first-order valence-electron chi connectivity index (χ1n) is 9.49. The molecular formula is C21H27BN2O3. The highest BCUT2D eigenvalue weighted by molar-refractivity contribution is 6.62. The molecule has 0 aliphatic carbocycles. The maximum absolute atomic E-state index is 6.52. The molecule has 2 heterocycles. The molecule has 1 unspecified atom stereocenters. The highest BCUT2D eigenvalue weighted by Crippen LogP contribution is 2.40. The Morgan fingerprint density at radius 1 is 0.963 bits per heavy atom. The summed E-state index contributed by atoms with van der Waals surface area (Å²) in [5.74, 6) is -0.312. The van der Waals surface area contributed by atoms with Crippen LogP contribution in [0.2, 0.25) is 0 Å². The van der Waals surface area contributed by atoms with Crippen LogP contribution in [0.1, 0.15) is 45.7 Å². The van der Waals surface area contributed by atoms with Crippen molar-refractivity contribution in [1.82, 2.24) is 0 Å². The quantitative estimate of drug-likeness (QED) is 0.818. The Labute approximate surface area is 161 Å². The van der Waals surface area contributed by atoms with Crippen LogP contribution in [0.5, 0.6) is 5.75 Å². The van der Waals surface area contributed by atoms with E-state index in [2.05, 4.69) is 24.4 Å². The largest absolute Gasteiger partial charge is 0.494 e. The molecule has 0 spiro atoms. The Kier molecular flexibility index (Phi) is 4.07. The van der Waals surface area contributed by atoms with Gasteiger partial charge in [0.15, 0.2) is 0 Å². The number of hydrogen-bond acceptors (Lipinski definition) is 5. The van der Waals surface area contributed by atoms with Crippen molar-refractivity contribution in [1.29, 1.82) is 0 Å². The molecule has 2 aliphatic heterocycles. The number of rotatable bonds is 3. The van der Waals surface area contributed by atoms with Gasteiger partial charge in [0.2, 0.25) is 0 Å². The summed E-state index contributed by atoms with van der Waals surface area (Å²) in [4.78, 5) is 0. The third kappa shape index (κ3) is 3.02. The van der Waals surface area contributed by atoms with Crippen LogP contribution in [0.15, 0.2) is 42.5 Å². The van der Waals surface area contributed by atoms with Gasteiger partial charge in [-0.1, -0.05) is 37.3 Å². The predicted molar refractivity (Wildman–Crippen MR) is 108 cm³/mol. The van der Waals surface area contributed by atoms with Crippen LogP contribution in [-0.4, -0.2) is 18.3 Å². The molecule has 2 aliphatic rings. The van der Waals surface area contributed by atoms with Crippen LogP contribution in [0.25, 0.3) is 0 Å². The van der Waals surface area contributed by atoms with Crippen LogP contribution in [0.3, 0.4) is 0 Å². The van der Waals surface area contributed by atoms with E-state index in [1.165, 1.54) is 5.56 Å². The Hall–Kier alpha value is -2.02. The van der Waals surface area contributed by atoms with Crippen molar-refractivity contribution in [3.63, 3.8) is 0 Å². The number of hydrogen-bond donors (Lipinski definition) is 2. The second kappa shape index (κ2) is 5.99. The summed E-state index contributed by atoms with van der Waals surface area (Å²) in [7, 11) is -0.389. The predicted octanol–water partition coefficient (Wildman–Crippen LogP) is 3.12. The number of anilines is 1. The minimum Gasteiger partial charge on any atom is -0.448 e. The fourth-order valence-electron chi connectivity index (χ4n) is 3.38. The summed E-state index contributed by atoms with van der Waals surface area (Å²) < 4.78 is 18.2. The minimum atomic E-state index is -1.08. The molecule has 1 fully saturated rings. The maximum Gasteiger partial charge on any atom is 0.494 e. The molecule has 142 valence electrons. The molecule has 2 aromatic rings. The molecule has 1 atom stereocenters. The van der Waals surface area contributed by atoms with E-state index in [9.17, 15) is 0 Å². The Morgan fingerprint density at radius 3 is 2.19 bits per heavy atom. The molecule has 1 saturated heterocycles. The summed E-state index contributed by atoms with van der Waals surface area (Å²) in [6.45, 7) is 10.3. The van der Waals surface area contributed by atoms with Gasteiger partial charge in [0.1, 0.15) is 5.75 Å². The van der Waals surface area contributed by atoms with Crippen molar-refractivity contribution in [3.05, 3.63) is 53.6 Å². The van der Waals surface area contributed by atoms with Crippen molar-refractivity contribution in [2.45, 2.75) is 58.1 Å². The van der Waals surface area contributed by atoms with E-state index in [1.54, 1.807) is 0 Å². The zero-order valence-electron chi connectivity index (χ0n) is 16.6. The lowest BCUT2D eigenvalue weighted by Gasteiger charge is -2.32. The van der Waals surface area contributed by atoms with Crippen LogP contribution in [0.4, 0.5) is 5.69 Å². The Balaban J connectivity index is 1.55. The average molecular weight is 366 g/mol. The number of ether oxygens (including phenoxy) is 1. The lowest BCUT2D eigenvalue weighted by Crippen LogP contribution is -2.46. The van der Waals surface area contributed by atoms with Gasteiger partial charge in [0, 0.05) is 5.56 Å². The summed E-state index contributed by atoms with van der Waals surface area (Å²) in [5, 5.41) is 3.31. The van der Waals surface area contributed by atoms with E-state index in [0.29, 0.717) is 0 Å². The van der Waals surface area contributed by atoms with E-state index in [4.69, 9.17) is 19.8 Å². The summed E-state index contributed by atoms with van der Waals surface area (Å²) in [6, 6.07) is 14.0. The van der Waals surface area contributed by atoms with Gasteiger partial charge in [-0.3, -0.25) is 5.73 Å². The highest BCUT2D eigenvalue weighted by atomic mass is 16.7. The van der Waals surface area contributed by atoms with Gasteiger partial charge < -0.3 is 19.4 Å². The van der Waals surface area contributed by atoms with E-state index >= 15 is 0 Å². The van der Waals surface area contributed by atoms with Gasteiger partial charge in [-0.25, -0.2) is 0 Å². The van der Waals surface area contributed by atoms with Gasteiger partial charge in [0.25, 0.3) is 5.85 Å². The summed E-state index contributed by atoms with van der Waals surface area (Å²) in [5.41, 5.74) is 9.77. The zero-order chi connectivity index (χ0) is 19.4. The molecular weight excluding hydrogens is 339 g/mol. The van der Waals surface area contributed by atoms with Gasteiger partial charge in [-0.05, 0) is 57.3 Å². The van der Waals surface area contributed by atoms with Crippen molar-refractivity contribution in [2.75, 3.05) is 5.32 Å². The van der Waals surface area contributed by atoms with E-state index in [-0.39, 0.29) is 18.3 Å². The molecule has 3 N–H and O–H groups in total. The number of benzene rings is 2. The first-order valence-corrected chi connectivity index (χ1v) is 9.49. The van der Waals surface area contributed by atoms with Gasteiger partial charge in [-0.15, -0.1) is 0 Å². The van der Waals surface area contributed by atoms with E-state index in [0.717, 1.165) is 28.9 Å². The third-order valence-electron chi connectivity index (χ3n) is 5.91. The first-order chi connectivity index (χ1) is 12.6. The first kappa shape index (κ1) is 18.4. The molecule has 5 nitrogen and oxygen atoms in total. The minimum absolute atomic E-state index is 0.361. The average Bonchev–Trinajstić information content (AvgIpc) is 3.07. The smallest absolute Gasteiger partial charge is 0.448 e. The Bertz CT molecular complexity index is 850. The highest BCUT2D eigenvalue weighted by Gasteiger charge is 2.51. The standard InChI is InChI=1S/C21H27BN2O3/c1-6-14-7-12-18-17(13-14)24-21(23,25-18)15-8-10-16(11-9-15)22-26-19(2,3)20(4,5)27-22/h7-13,24H,6,23H2,1-5H3. The molecule has 2 aromatic carbocycles. The van der Waals surface area contributed by atoms with Crippen LogP contribution in [-0.2, 0) is 21.6 Å². The van der Waals surface area contributed by atoms with E-state index in [1.807, 2.05) is 58.0 Å². The summed E-state index contributed by atoms with van der Waals surface area (Å²) in [6.07, 6.45) is 0.968. The van der Waals surface area contributed by atoms with Crippen LogP contribution >= 0.6 is 0 Å². The van der Waals surface area contributed by atoms with Crippen LogP contribution < -0.4 is 21.3 Å². The molecule has 27 heavy (non-hydrogen) atoms. The van der Waals surface area contributed by atoms with Crippen molar-refractivity contribution in [3.8, 4) is 5.75 Å². The van der Waals surface area contributed by atoms with Gasteiger partial charge >= 0.3 is 7.12 Å². The lowest BCUT2D eigenvalue weighted by atomic mass is 9.78. The van der Waals surface area contributed by atoms with Crippen LogP contribution in [0, 0.1) is 0 Å². The SMILES string of the molecule is CCc1ccc2c(c1)NC(N)(c1ccc(B3OC(C)(C)C(C)(C)O3)cc1)O2. The zero-order valence-corrected chi connectivity index (χ0v) is 16.6. The van der Waals surface area contributed by atoms with E-state index < -0.39 is 5.85 Å². The second-order valence-corrected chi connectivity index (χ2v) is 8.36. The van der Waals surface area contributed by atoms with Crippen molar-refractivity contribution >= 4 is 18.3 Å². The second-order valence-electron chi connectivity index (χ2n) is 8.36. The van der Waals surface area contributed by atoms with Gasteiger partial charge in [0.05, 0.1) is 16.9 Å². The normalized spacial score (nSPS) is 25.0. The Morgan fingerprint density at radius 2 is 1.59 bits per heavy atom. The topological polar surface area (TPSA) is 65.7 Å². The maximum atomic E-state index is 6.52. The number of nitrogens with one attached hydrogen (secondary N) is 1. The lowest BCUT2D eigenvalue weighted by molar-refractivity contribution is 0.00578. The monoisotopic (exact) mass is 366 g/mol. The molecule has 0 amide bonds. The molecule has 0 aromatic heterocycles. The molecule has 0 bridgehead atoms. The number of fused-ring (bicyclic) bond motifs is 1. The van der Waals surface area contributed by atoms with Gasteiger partial charge in [-0.2, -0.15) is 0 Å². The molecule has 4 rings (SSSR count). The van der Waals surface area contributed by atoms with Crippen molar-refractivity contribution < 1.29 is 14.0 Å². The molecule has 0 radical (unpaired) electrons. The fraction of sp³-hybridized carbons (Fsp3) is 0.429. The number of aryl methyl sites for hydroxylation is 1. The number of nitrogens with two attached hydrogens (primary N) is 1. The molecule has 0 saturated carbocycles.